The topological polar surface area (TPSA) is 155 Å². The smallest absolute Gasteiger partial charge is 0.270 e. The number of hydrogen-bond acceptors (Lipinski definition) is 7. The van der Waals surface area contributed by atoms with E-state index in [4.69, 9.17) is 5.73 Å². The fourth-order valence-corrected chi connectivity index (χ4v) is 7.04. The quantitative estimate of drug-likeness (QED) is 0.131. The molecule has 0 aliphatic carbocycles. The van der Waals surface area contributed by atoms with Crippen molar-refractivity contribution in [3.8, 4) is 0 Å². The Morgan fingerprint density at radius 3 is 2.39 bits per heavy atom. The number of unbranched alkanes of at least 4 members (excludes halogenated alkanes) is 1. The van der Waals surface area contributed by atoms with Crippen LogP contribution in [0.25, 0.3) is 0 Å². The zero-order valence-corrected chi connectivity index (χ0v) is 27.8. The maximum absolute atomic E-state index is 13.5. The van der Waals surface area contributed by atoms with Crippen LogP contribution in [0.1, 0.15) is 54.7 Å². The van der Waals surface area contributed by atoms with E-state index in [0.29, 0.717) is 37.1 Å². The van der Waals surface area contributed by atoms with Crippen LogP contribution in [-0.2, 0) is 21.2 Å². The van der Waals surface area contributed by atoms with E-state index in [1.165, 1.54) is 22.6 Å². The molecule has 0 radical (unpaired) electrons. The van der Waals surface area contributed by atoms with Gasteiger partial charge in [0.2, 0.25) is 15.9 Å². The Morgan fingerprint density at radius 1 is 1.05 bits per heavy atom. The van der Waals surface area contributed by atoms with E-state index in [0.717, 1.165) is 10.0 Å². The molecule has 0 unspecified atom stereocenters. The molecule has 5 N–H and O–H groups in total. The first-order valence-corrected chi connectivity index (χ1v) is 16.9. The molecular weight excluding hydrogens is 646 g/mol. The summed E-state index contributed by atoms with van der Waals surface area (Å²) >= 11 is 3.52. The highest BCUT2D eigenvalue weighted by Crippen LogP contribution is 2.23. The fraction of sp³-hybridized carbons (Fsp3) is 0.406. The summed E-state index contributed by atoms with van der Waals surface area (Å²) in [4.78, 5) is 30.6. The molecule has 3 rings (SSSR count). The van der Waals surface area contributed by atoms with Crippen molar-refractivity contribution in [2.45, 2.75) is 63.4 Å². The van der Waals surface area contributed by atoms with Gasteiger partial charge in [-0.15, -0.1) is 0 Å². The number of hydrogen-bond donors (Lipinski definition) is 4. The zero-order valence-electron chi connectivity index (χ0n) is 25.4. The molecule has 0 bridgehead atoms. The Morgan fingerprint density at radius 2 is 1.75 bits per heavy atom. The van der Waals surface area contributed by atoms with E-state index >= 15 is 0 Å². The van der Waals surface area contributed by atoms with Crippen LogP contribution in [0, 0.1) is 12.8 Å². The predicted octanol–water partition coefficient (Wildman–Crippen LogP) is 4.07. The molecule has 44 heavy (non-hydrogen) atoms. The highest BCUT2D eigenvalue weighted by atomic mass is 79.9. The van der Waals surface area contributed by atoms with Gasteiger partial charge < -0.3 is 21.5 Å². The molecule has 3 aromatic rings. The van der Waals surface area contributed by atoms with E-state index in [1.54, 1.807) is 31.2 Å². The lowest BCUT2D eigenvalue weighted by molar-refractivity contribution is -0.122. The van der Waals surface area contributed by atoms with Gasteiger partial charge in [0.1, 0.15) is 11.7 Å². The number of rotatable bonds is 16. The average Bonchev–Trinajstić information content (AvgIpc) is 2.99. The molecule has 1 aromatic heterocycles. The van der Waals surface area contributed by atoms with Crippen LogP contribution in [0.2, 0.25) is 0 Å². The van der Waals surface area contributed by atoms with Gasteiger partial charge in [-0.25, -0.2) is 8.42 Å². The first-order valence-electron chi connectivity index (χ1n) is 14.7. The van der Waals surface area contributed by atoms with Crippen LogP contribution in [0.3, 0.4) is 0 Å². The molecule has 10 nitrogen and oxygen atoms in total. The van der Waals surface area contributed by atoms with Crippen LogP contribution in [-0.4, -0.2) is 66.4 Å². The monoisotopic (exact) mass is 687 g/mol. The van der Waals surface area contributed by atoms with Gasteiger partial charge in [-0.1, -0.05) is 60.5 Å². The zero-order chi connectivity index (χ0) is 32.3. The molecule has 0 aliphatic rings. The Labute approximate surface area is 268 Å². The first kappa shape index (κ1) is 35.2. The van der Waals surface area contributed by atoms with Crippen molar-refractivity contribution < 1.29 is 23.1 Å². The molecule has 2 atom stereocenters. The third-order valence-corrected chi connectivity index (χ3v) is 9.85. The number of nitrogen functional groups attached to an aromatic ring is 1. The molecule has 2 amide bonds. The number of aromatic nitrogens is 1. The molecule has 2 aromatic carbocycles. The normalized spacial score (nSPS) is 13.1. The van der Waals surface area contributed by atoms with E-state index in [-0.39, 0.29) is 42.0 Å². The van der Waals surface area contributed by atoms with Crippen molar-refractivity contribution in [2.24, 2.45) is 5.92 Å². The van der Waals surface area contributed by atoms with Crippen LogP contribution in [0.4, 0.5) is 5.69 Å². The standard InChI is InChI=1S/C32H42BrN5O5S/c1-22(2)20-38(44(42,43)27-15-13-25(34)14-16-27)26(21-39)11-6-7-17-36-31(40)29(19-24-10-4-5-12-28(24)33)37-32(41)30-23(3)9-8-18-35-30/h4-5,8-10,12-16,18,22,26,29,39H,6-7,11,17,19-21,34H2,1-3H3,(H,36,40)(H,37,41)/t26-,29+/m0/s1. The van der Waals surface area contributed by atoms with E-state index < -0.39 is 28.0 Å². The van der Waals surface area contributed by atoms with Crippen LogP contribution < -0.4 is 16.4 Å². The minimum absolute atomic E-state index is 0.0403. The van der Waals surface area contributed by atoms with Gasteiger partial charge in [0.05, 0.1) is 11.5 Å². The van der Waals surface area contributed by atoms with Crippen LogP contribution >= 0.6 is 15.9 Å². The largest absolute Gasteiger partial charge is 0.399 e. The Bertz CT molecular complexity index is 1500. The van der Waals surface area contributed by atoms with Crippen molar-refractivity contribution >= 4 is 43.5 Å². The van der Waals surface area contributed by atoms with Gasteiger partial charge in [-0.3, -0.25) is 14.6 Å². The number of amides is 2. The summed E-state index contributed by atoms with van der Waals surface area (Å²) in [5.74, 6) is -0.735. The summed E-state index contributed by atoms with van der Waals surface area (Å²) in [7, 11) is -3.86. The Hall–Kier alpha value is -3.32. The van der Waals surface area contributed by atoms with Gasteiger partial charge >= 0.3 is 0 Å². The lowest BCUT2D eigenvalue weighted by Gasteiger charge is -2.31. The molecule has 0 spiro atoms. The molecule has 0 saturated carbocycles. The second-order valence-corrected chi connectivity index (χ2v) is 13.9. The van der Waals surface area contributed by atoms with Crippen molar-refractivity contribution in [1.29, 1.82) is 0 Å². The number of carbonyl (C=O) groups excluding carboxylic acids is 2. The number of nitrogens with zero attached hydrogens (tertiary/aromatic N) is 2. The number of halogens is 1. The fourth-order valence-electron chi connectivity index (χ4n) is 4.79. The molecule has 238 valence electrons. The van der Waals surface area contributed by atoms with Crippen molar-refractivity contribution in [3.63, 3.8) is 0 Å². The molecule has 12 heteroatoms. The number of aliphatic hydroxyl groups excluding tert-OH is 1. The summed E-state index contributed by atoms with van der Waals surface area (Å²) in [6.07, 6.45) is 3.32. The van der Waals surface area contributed by atoms with Gasteiger partial charge in [0.15, 0.2) is 0 Å². The summed E-state index contributed by atoms with van der Waals surface area (Å²) < 4.78 is 29.2. The van der Waals surface area contributed by atoms with Gasteiger partial charge in [0.25, 0.3) is 5.91 Å². The maximum atomic E-state index is 13.5. The molecule has 0 aliphatic heterocycles. The lowest BCUT2D eigenvalue weighted by atomic mass is 10.0. The second kappa shape index (κ2) is 16.7. The minimum Gasteiger partial charge on any atom is -0.399 e. The Balaban J connectivity index is 1.64. The van der Waals surface area contributed by atoms with E-state index in [9.17, 15) is 23.1 Å². The summed E-state index contributed by atoms with van der Waals surface area (Å²) in [5.41, 5.74) is 8.03. The number of benzene rings is 2. The summed E-state index contributed by atoms with van der Waals surface area (Å²) in [6.45, 7) is 5.87. The van der Waals surface area contributed by atoms with Crippen LogP contribution in [0.15, 0.2) is 76.2 Å². The molecule has 0 fully saturated rings. The minimum atomic E-state index is -3.86. The van der Waals surface area contributed by atoms with Gasteiger partial charge in [-0.05, 0) is 73.2 Å². The highest BCUT2D eigenvalue weighted by Gasteiger charge is 2.31. The van der Waals surface area contributed by atoms with Crippen molar-refractivity contribution in [1.82, 2.24) is 19.9 Å². The molecular formula is C32H42BrN5O5S. The van der Waals surface area contributed by atoms with Gasteiger partial charge in [0, 0.05) is 41.9 Å². The number of sulfonamides is 1. The Kier molecular flexibility index (Phi) is 13.3. The first-order chi connectivity index (χ1) is 20.9. The van der Waals surface area contributed by atoms with E-state index in [1.807, 2.05) is 38.1 Å². The number of aryl methyl sites for hydroxylation is 1. The number of carbonyl (C=O) groups is 2. The van der Waals surface area contributed by atoms with Gasteiger partial charge in [-0.2, -0.15) is 4.31 Å². The average molecular weight is 689 g/mol. The predicted molar refractivity (Wildman–Crippen MR) is 175 cm³/mol. The highest BCUT2D eigenvalue weighted by molar-refractivity contribution is 9.10. The summed E-state index contributed by atoms with van der Waals surface area (Å²) in [5, 5.41) is 15.9. The number of nitrogens with two attached hydrogens (primary N) is 1. The molecule has 1 heterocycles. The second-order valence-electron chi connectivity index (χ2n) is 11.2. The number of anilines is 1. The van der Waals surface area contributed by atoms with Crippen molar-refractivity contribution in [3.05, 3.63) is 88.2 Å². The molecule has 0 saturated heterocycles. The van der Waals surface area contributed by atoms with E-state index in [2.05, 4.69) is 31.5 Å². The third-order valence-electron chi connectivity index (χ3n) is 7.14. The maximum Gasteiger partial charge on any atom is 0.270 e. The number of pyridine rings is 1. The van der Waals surface area contributed by atoms with Crippen molar-refractivity contribution in [2.75, 3.05) is 25.4 Å². The lowest BCUT2D eigenvalue weighted by Crippen LogP contribution is -2.48. The summed E-state index contributed by atoms with van der Waals surface area (Å²) in [6, 6.07) is 15.6. The SMILES string of the molecule is Cc1cccnc1C(=O)N[C@H](Cc1ccccc1Br)C(=O)NCCCC[C@@H](CO)N(CC(C)C)S(=O)(=O)c1ccc(N)cc1. The number of aliphatic hydroxyl groups is 1. The number of nitrogens with one attached hydrogen (secondary N) is 2. The van der Waals surface area contributed by atoms with Crippen LogP contribution in [0.5, 0.6) is 0 Å². The third kappa shape index (κ3) is 9.85.